The number of carbonyl (C=O) groups is 1. The Kier molecular flexibility index (Phi) is 4.92. The monoisotopic (exact) mass is 350 g/mol. The lowest BCUT2D eigenvalue weighted by Crippen LogP contribution is -2.42. The fourth-order valence-electron chi connectivity index (χ4n) is 3.66. The zero-order valence-electron chi connectivity index (χ0n) is 13.2. The van der Waals surface area contributed by atoms with Gasteiger partial charge in [0.05, 0.1) is 0 Å². The van der Waals surface area contributed by atoms with Gasteiger partial charge in [0, 0.05) is 24.2 Å². The summed E-state index contributed by atoms with van der Waals surface area (Å²) in [4.78, 5) is 14.8. The first kappa shape index (κ1) is 17.0. The molecule has 4 nitrogen and oxygen atoms in total. The maximum Gasteiger partial charge on any atom is 0.290 e. The Morgan fingerprint density at radius 2 is 1.83 bits per heavy atom. The molecule has 24 heavy (non-hydrogen) atoms. The molecule has 4 rings (SSSR count). The number of nitrogens with zero attached hydrogens (tertiary/aromatic N) is 1. The molecule has 1 N–H and O–H groups in total. The molecular weight excluding hydrogens is 331 g/mol. The van der Waals surface area contributed by atoms with E-state index in [9.17, 15) is 9.18 Å². The number of rotatable bonds is 2. The summed E-state index contributed by atoms with van der Waals surface area (Å²) >= 11 is 0. The van der Waals surface area contributed by atoms with E-state index in [2.05, 4.69) is 5.32 Å². The summed E-state index contributed by atoms with van der Waals surface area (Å²) < 4.78 is 18.8. The lowest BCUT2D eigenvalue weighted by atomic mass is 10.1. The molecule has 2 fully saturated rings. The minimum absolute atomic E-state index is 0. The van der Waals surface area contributed by atoms with Gasteiger partial charge in [0.1, 0.15) is 11.6 Å². The van der Waals surface area contributed by atoms with Crippen LogP contribution in [0.4, 0.5) is 4.39 Å². The van der Waals surface area contributed by atoms with E-state index in [4.69, 9.17) is 4.42 Å². The second-order valence-corrected chi connectivity index (χ2v) is 6.26. The minimum Gasteiger partial charge on any atom is -0.451 e. The molecule has 1 amide bonds. The normalized spacial score (nSPS) is 22.8. The van der Waals surface area contributed by atoms with E-state index in [1.54, 1.807) is 24.3 Å². The number of halogens is 2. The highest BCUT2D eigenvalue weighted by molar-refractivity contribution is 5.92. The molecule has 2 atom stereocenters. The van der Waals surface area contributed by atoms with Crippen LogP contribution in [-0.2, 0) is 0 Å². The molecule has 2 aromatic rings. The van der Waals surface area contributed by atoms with Gasteiger partial charge in [-0.3, -0.25) is 4.79 Å². The maximum absolute atomic E-state index is 13.0. The smallest absolute Gasteiger partial charge is 0.290 e. The van der Waals surface area contributed by atoms with E-state index in [0.29, 0.717) is 17.6 Å². The van der Waals surface area contributed by atoms with Gasteiger partial charge >= 0.3 is 0 Å². The van der Waals surface area contributed by atoms with E-state index in [0.717, 1.165) is 37.9 Å². The summed E-state index contributed by atoms with van der Waals surface area (Å²) in [6.45, 7) is 1.82. The average molecular weight is 351 g/mol. The molecule has 1 aromatic carbocycles. The van der Waals surface area contributed by atoms with Crippen molar-refractivity contribution >= 4 is 18.3 Å². The van der Waals surface area contributed by atoms with E-state index in [1.807, 2.05) is 4.90 Å². The van der Waals surface area contributed by atoms with Crippen LogP contribution in [0.3, 0.4) is 0 Å². The van der Waals surface area contributed by atoms with Crippen molar-refractivity contribution in [1.29, 1.82) is 0 Å². The third-order valence-electron chi connectivity index (χ3n) is 4.83. The molecule has 0 saturated carbocycles. The van der Waals surface area contributed by atoms with Crippen molar-refractivity contribution in [3.05, 3.63) is 48.0 Å². The predicted octanol–water partition coefficient (Wildman–Crippen LogP) is 3.47. The van der Waals surface area contributed by atoms with Crippen molar-refractivity contribution in [2.45, 2.75) is 31.3 Å². The lowest BCUT2D eigenvalue weighted by Gasteiger charge is -2.26. The minimum atomic E-state index is -0.287. The Labute approximate surface area is 146 Å². The Balaban J connectivity index is 0.00000169. The van der Waals surface area contributed by atoms with Gasteiger partial charge in [0.25, 0.3) is 5.91 Å². The summed E-state index contributed by atoms with van der Waals surface area (Å²) in [5, 5.41) is 3.39. The van der Waals surface area contributed by atoms with Gasteiger partial charge in [-0.25, -0.2) is 4.39 Å². The third-order valence-corrected chi connectivity index (χ3v) is 4.83. The number of hydrogen-bond acceptors (Lipinski definition) is 3. The van der Waals surface area contributed by atoms with Crippen molar-refractivity contribution in [1.82, 2.24) is 10.2 Å². The van der Waals surface area contributed by atoms with Gasteiger partial charge in [0.15, 0.2) is 5.76 Å². The second-order valence-electron chi connectivity index (χ2n) is 6.26. The first-order valence-corrected chi connectivity index (χ1v) is 8.11. The van der Waals surface area contributed by atoms with E-state index in [1.165, 1.54) is 12.1 Å². The molecule has 2 aliphatic rings. The highest BCUT2D eigenvalue weighted by atomic mass is 35.5. The molecule has 2 bridgehead atoms. The van der Waals surface area contributed by atoms with Crippen molar-refractivity contribution in [3.8, 4) is 11.3 Å². The maximum atomic E-state index is 13.0. The third kappa shape index (κ3) is 3.06. The Hall–Kier alpha value is -1.85. The van der Waals surface area contributed by atoms with Gasteiger partial charge in [-0.05, 0) is 62.2 Å². The largest absolute Gasteiger partial charge is 0.451 e. The highest BCUT2D eigenvalue weighted by Gasteiger charge is 2.39. The van der Waals surface area contributed by atoms with Crippen molar-refractivity contribution in [3.63, 3.8) is 0 Å². The molecule has 6 heteroatoms. The van der Waals surface area contributed by atoms with Crippen LogP contribution in [0, 0.1) is 5.82 Å². The number of hydrogen-bond donors (Lipinski definition) is 1. The molecule has 2 unspecified atom stereocenters. The van der Waals surface area contributed by atoms with Gasteiger partial charge in [0.2, 0.25) is 0 Å². The molecule has 128 valence electrons. The van der Waals surface area contributed by atoms with Crippen LogP contribution in [0.1, 0.15) is 29.8 Å². The quantitative estimate of drug-likeness (QED) is 0.902. The Morgan fingerprint density at radius 3 is 2.62 bits per heavy atom. The van der Waals surface area contributed by atoms with Crippen LogP contribution in [0.2, 0.25) is 0 Å². The zero-order valence-corrected chi connectivity index (χ0v) is 14.0. The highest BCUT2D eigenvalue weighted by Crippen LogP contribution is 2.31. The van der Waals surface area contributed by atoms with E-state index >= 15 is 0 Å². The van der Waals surface area contributed by atoms with Crippen LogP contribution < -0.4 is 5.32 Å². The Bertz CT molecular complexity index is 702. The first-order chi connectivity index (χ1) is 11.2. The van der Waals surface area contributed by atoms with Crippen molar-refractivity contribution in [2.75, 3.05) is 13.1 Å². The first-order valence-electron chi connectivity index (χ1n) is 8.11. The molecule has 0 spiro atoms. The van der Waals surface area contributed by atoms with Crippen molar-refractivity contribution in [2.24, 2.45) is 0 Å². The van der Waals surface area contributed by atoms with Crippen LogP contribution in [0.5, 0.6) is 0 Å². The molecule has 3 heterocycles. The van der Waals surface area contributed by atoms with Gasteiger partial charge in [-0.15, -0.1) is 12.4 Å². The number of amides is 1. The summed E-state index contributed by atoms with van der Waals surface area (Å²) in [6.07, 6.45) is 3.12. The molecule has 0 radical (unpaired) electrons. The second kappa shape index (κ2) is 6.95. The number of nitrogens with one attached hydrogen (secondary N) is 1. The van der Waals surface area contributed by atoms with Gasteiger partial charge in [-0.1, -0.05) is 0 Å². The van der Waals surface area contributed by atoms with Gasteiger partial charge < -0.3 is 14.6 Å². The predicted molar refractivity (Wildman–Crippen MR) is 91.8 cm³/mol. The summed E-state index contributed by atoms with van der Waals surface area (Å²) in [7, 11) is 0. The van der Waals surface area contributed by atoms with Gasteiger partial charge in [-0.2, -0.15) is 0 Å². The molecular formula is C18H20ClFN2O2. The van der Waals surface area contributed by atoms with Crippen LogP contribution in [-0.4, -0.2) is 36.0 Å². The molecule has 2 saturated heterocycles. The Morgan fingerprint density at radius 1 is 1.08 bits per heavy atom. The standard InChI is InChI=1S/C18H19FN2O2.ClH/c19-13-3-1-12(2-4-13)16-7-8-17(23-16)18(22)21-14-5-6-15(21)11-20-10-9-14;/h1-4,7-8,14-15,20H,5-6,9-11H2;1H. The molecule has 2 aliphatic heterocycles. The summed E-state index contributed by atoms with van der Waals surface area (Å²) in [6, 6.07) is 10.2. The molecule has 0 aliphatic carbocycles. The van der Waals surface area contributed by atoms with Crippen molar-refractivity contribution < 1.29 is 13.6 Å². The molecule has 1 aromatic heterocycles. The fourth-order valence-corrected chi connectivity index (χ4v) is 3.66. The van der Waals surface area contributed by atoms with Crippen LogP contribution in [0.25, 0.3) is 11.3 Å². The van der Waals surface area contributed by atoms with Crippen LogP contribution >= 0.6 is 12.4 Å². The van der Waals surface area contributed by atoms with Crippen LogP contribution in [0.15, 0.2) is 40.8 Å². The topological polar surface area (TPSA) is 45.5 Å². The number of benzene rings is 1. The number of furan rings is 1. The SMILES string of the molecule is Cl.O=C(c1ccc(-c2ccc(F)cc2)o1)N1C2CCNCC1CC2. The van der Waals surface area contributed by atoms with E-state index in [-0.39, 0.29) is 30.2 Å². The zero-order chi connectivity index (χ0) is 15.8. The lowest BCUT2D eigenvalue weighted by molar-refractivity contribution is 0.0648. The van der Waals surface area contributed by atoms with E-state index < -0.39 is 0 Å². The average Bonchev–Trinajstić information content (AvgIpc) is 3.11. The number of carbonyl (C=O) groups excluding carboxylic acids is 1. The fraction of sp³-hybridized carbons (Fsp3) is 0.389. The summed E-state index contributed by atoms with van der Waals surface area (Å²) in [5.41, 5.74) is 0.769. The number of fused-ring (bicyclic) bond motifs is 2. The summed E-state index contributed by atoms with van der Waals surface area (Å²) in [5.74, 6) is 0.636.